The summed E-state index contributed by atoms with van der Waals surface area (Å²) in [7, 11) is 0. The molecular weight excluding hydrogens is 440 g/mol. The van der Waals surface area contributed by atoms with E-state index in [1.165, 1.54) is 6.42 Å². The van der Waals surface area contributed by atoms with E-state index >= 15 is 0 Å². The van der Waals surface area contributed by atoms with Crippen molar-refractivity contribution < 1.29 is 15.0 Å². The fraction of sp³-hybridized carbons (Fsp3) is 0.280. The lowest BCUT2D eigenvalue weighted by Gasteiger charge is -2.22. The highest BCUT2D eigenvalue weighted by atomic mass is 35.5. The van der Waals surface area contributed by atoms with Gasteiger partial charge in [0.05, 0.1) is 5.56 Å². The first-order chi connectivity index (χ1) is 16.0. The third kappa shape index (κ3) is 4.04. The molecule has 1 saturated carbocycles. The van der Waals surface area contributed by atoms with Crippen molar-refractivity contribution in [3.63, 3.8) is 0 Å². The van der Waals surface area contributed by atoms with Crippen molar-refractivity contribution in [1.82, 2.24) is 19.7 Å². The number of imidazole rings is 1. The van der Waals surface area contributed by atoms with Crippen molar-refractivity contribution >= 4 is 28.6 Å². The molecule has 5 rings (SSSR count). The molecule has 1 fully saturated rings. The van der Waals surface area contributed by atoms with E-state index in [0.717, 1.165) is 42.6 Å². The fourth-order valence-electron chi connectivity index (χ4n) is 4.75. The molecule has 0 atom stereocenters. The van der Waals surface area contributed by atoms with E-state index < -0.39 is 5.97 Å². The van der Waals surface area contributed by atoms with Gasteiger partial charge in [-0.3, -0.25) is 0 Å². The smallest absolute Gasteiger partial charge is 0.336 e. The summed E-state index contributed by atoms with van der Waals surface area (Å²) in [6.07, 6.45) is 5.63. The molecule has 7 nitrogen and oxygen atoms in total. The molecule has 1 aliphatic rings. The summed E-state index contributed by atoms with van der Waals surface area (Å²) in [6.45, 7) is 0.485. The second kappa shape index (κ2) is 8.83. The van der Waals surface area contributed by atoms with Crippen LogP contribution in [0.25, 0.3) is 22.2 Å². The zero-order chi connectivity index (χ0) is 22.9. The lowest BCUT2D eigenvalue weighted by atomic mass is 9.88. The number of carbonyl (C=O) groups is 1. The van der Waals surface area contributed by atoms with Gasteiger partial charge in [-0.2, -0.15) is 0 Å². The van der Waals surface area contributed by atoms with Crippen LogP contribution in [-0.4, -0.2) is 35.9 Å². The molecule has 2 aromatic heterocycles. The lowest BCUT2D eigenvalue weighted by molar-refractivity contribution is 0.0697. The maximum Gasteiger partial charge on any atom is 0.336 e. The van der Waals surface area contributed by atoms with Crippen LogP contribution in [0, 0.1) is 0 Å². The number of aromatic hydroxyl groups is 1. The highest BCUT2D eigenvalue weighted by molar-refractivity contribution is 6.33. The number of carboxylic acid groups (broad SMARTS) is 1. The second-order valence-corrected chi connectivity index (χ2v) is 8.81. The van der Waals surface area contributed by atoms with Crippen LogP contribution in [-0.2, 0) is 6.54 Å². The van der Waals surface area contributed by atoms with Crippen LogP contribution in [0.2, 0.25) is 5.15 Å². The van der Waals surface area contributed by atoms with Gasteiger partial charge >= 0.3 is 5.97 Å². The van der Waals surface area contributed by atoms with Crippen LogP contribution in [0.1, 0.15) is 59.8 Å². The van der Waals surface area contributed by atoms with Crippen molar-refractivity contribution in [3.8, 4) is 17.0 Å². The first-order valence-electron chi connectivity index (χ1n) is 11.1. The van der Waals surface area contributed by atoms with Crippen LogP contribution in [0.5, 0.6) is 5.88 Å². The Morgan fingerprint density at radius 2 is 1.76 bits per heavy atom. The summed E-state index contributed by atoms with van der Waals surface area (Å²) in [5, 5.41) is 27.8. The number of hydrogen-bond donors (Lipinski definition) is 2. The van der Waals surface area contributed by atoms with Crippen LogP contribution >= 0.6 is 11.6 Å². The number of fused-ring (bicyclic) bond motifs is 1. The monoisotopic (exact) mass is 462 g/mol. The van der Waals surface area contributed by atoms with E-state index in [1.54, 1.807) is 12.1 Å². The van der Waals surface area contributed by atoms with Gasteiger partial charge in [0.1, 0.15) is 16.9 Å². The predicted molar refractivity (Wildman–Crippen MR) is 126 cm³/mol. The summed E-state index contributed by atoms with van der Waals surface area (Å²) < 4.78 is 2.00. The standard InChI is InChI=1S/C25H23ClN4O3/c26-22-20-21(24(31)29-28-22)30(23(27-20)17-6-2-1-3-7-17)14-15-10-12-16(13-11-15)18-8-4-5-9-19(18)25(32)33/h4-5,8-13,17H,1-3,6-7,14H2,(H,29,31)(H,32,33). The molecule has 0 bridgehead atoms. The van der Waals surface area contributed by atoms with E-state index in [0.29, 0.717) is 29.1 Å². The van der Waals surface area contributed by atoms with Crippen molar-refractivity contribution in [3.05, 3.63) is 70.6 Å². The van der Waals surface area contributed by atoms with Gasteiger partial charge in [0.25, 0.3) is 5.88 Å². The molecule has 8 heteroatoms. The first kappa shape index (κ1) is 21.4. The van der Waals surface area contributed by atoms with Gasteiger partial charge in [-0.05, 0) is 35.6 Å². The largest absolute Gasteiger partial charge is 0.491 e. The Bertz CT molecular complexity index is 1330. The maximum atomic E-state index is 11.6. The normalized spacial score (nSPS) is 14.6. The molecule has 0 saturated heterocycles. The Morgan fingerprint density at radius 3 is 2.48 bits per heavy atom. The van der Waals surface area contributed by atoms with Gasteiger partial charge in [-0.25, -0.2) is 9.78 Å². The van der Waals surface area contributed by atoms with Crippen LogP contribution < -0.4 is 0 Å². The first-order valence-corrected chi connectivity index (χ1v) is 11.4. The minimum Gasteiger partial charge on any atom is -0.491 e. The molecule has 4 aromatic rings. The van der Waals surface area contributed by atoms with E-state index in [-0.39, 0.29) is 16.6 Å². The van der Waals surface area contributed by atoms with E-state index in [9.17, 15) is 15.0 Å². The maximum absolute atomic E-state index is 11.6. The molecule has 0 aliphatic heterocycles. The van der Waals surface area contributed by atoms with Crippen molar-refractivity contribution in [2.45, 2.75) is 44.6 Å². The number of rotatable bonds is 5. The number of benzene rings is 2. The summed E-state index contributed by atoms with van der Waals surface area (Å²) in [5.41, 5.74) is 3.73. The molecule has 0 radical (unpaired) electrons. The third-order valence-corrected chi connectivity index (χ3v) is 6.62. The fourth-order valence-corrected chi connectivity index (χ4v) is 4.92. The van der Waals surface area contributed by atoms with Crippen molar-refractivity contribution in [1.29, 1.82) is 0 Å². The quantitative estimate of drug-likeness (QED) is 0.397. The molecule has 168 valence electrons. The topological polar surface area (TPSA) is 101 Å². The minimum absolute atomic E-state index is 0.180. The Labute approximate surface area is 195 Å². The average Bonchev–Trinajstić information content (AvgIpc) is 3.23. The number of aromatic carboxylic acids is 1. The lowest BCUT2D eigenvalue weighted by Crippen LogP contribution is -2.13. The summed E-state index contributed by atoms with van der Waals surface area (Å²) in [5.74, 6) is 0.0569. The minimum atomic E-state index is -0.954. The molecule has 0 spiro atoms. The number of hydrogen-bond acceptors (Lipinski definition) is 5. The van der Waals surface area contributed by atoms with Gasteiger partial charge in [0.2, 0.25) is 0 Å². The molecule has 1 aliphatic carbocycles. The molecular formula is C25H23ClN4O3. The molecule has 2 aromatic carbocycles. The predicted octanol–water partition coefficient (Wildman–Crippen LogP) is 5.65. The molecule has 2 N–H and O–H groups in total. The van der Waals surface area contributed by atoms with Crippen LogP contribution in [0.15, 0.2) is 48.5 Å². The van der Waals surface area contributed by atoms with Crippen molar-refractivity contribution in [2.75, 3.05) is 0 Å². The highest BCUT2D eigenvalue weighted by Gasteiger charge is 2.26. The SMILES string of the molecule is O=C(O)c1ccccc1-c1ccc(Cn2c(C3CCCCC3)nc3c(Cl)nnc(O)c32)cc1. The summed E-state index contributed by atoms with van der Waals surface area (Å²) in [6, 6.07) is 14.7. The van der Waals surface area contributed by atoms with Crippen LogP contribution in [0.4, 0.5) is 0 Å². The summed E-state index contributed by atoms with van der Waals surface area (Å²) >= 11 is 6.28. The second-order valence-electron chi connectivity index (χ2n) is 8.45. The van der Waals surface area contributed by atoms with E-state index in [4.69, 9.17) is 16.6 Å². The van der Waals surface area contributed by atoms with Crippen LogP contribution in [0.3, 0.4) is 0 Å². The van der Waals surface area contributed by atoms with E-state index in [2.05, 4.69) is 10.2 Å². The third-order valence-electron chi connectivity index (χ3n) is 6.37. The van der Waals surface area contributed by atoms with Gasteiger partial charge in [0, 0.05) is 12.5 Å². The van der Waals surface area contributed by atoms with Gasteiger partial charge in [-0.15, -0.1) is 10.2 Å². The average molecular weight is 463 g/mol. The molecule has 2 heterocycles. The Morgan fingerprint density at radius 1 is 1.03 bits per heavy atom. The van der Waals surface area contributed by atoms with Gasteiger partial charge < -0.3 is 14.8 Å². The Hall–Kier alpha value is -3.45. The number of halogens is 1. The molecule has 0 amide bonds. The number of carboxylic acids is 1. The van der Waals surface area contributed by atoms with Gasteiger partial charge in [0.15, 0.2) is 5.15 Å². The number of aromatic nitrogens is 4. The molecule has 0 unspecified atom stereocenters. The zero-order valence-corrected chi connectivity index (χ0v) is 18.7. The summed E-state index contributed by atoms with van der Waals surface area (Å²) in [4.78, 5) is 16.4. The van der Waals surface area contributed by atoms with E-state index in [1.807, 2.05) is 41.0 Å². The highest BCUT2D eigenvalue weighted by Crippen LogP contribution is 2.37. The van der Waals surface area contributed by atoms with Gasteiger partial charge in [-0.1, -0.05) is 73.3 Å². The molecule has 33 heavy (non-hydrogen) atoms. The van der Waals surface area contributed by atoms with Crippen molar-refractivity contribution in [2.24, 2.45) is 0 Å². The Kier molecular flexibility index (Phi) is 5.72. The zero-order valence-electron chi connectivity index (χ0n) is 17.9. The Balaban J connectivity index is 1.54. The number of nitrogens with zero attached hydrogens (tertiary/aromatic N) is 4.